The third-order valence-corrected chi connectivity index (χ3v) is 3.41. The molecule has 4 nitrogen and oxygen atoms in total. The molecular formula is C13H12BrClN2O2. The van der Waals surface area contributed by atoms with Gasteiger partial charge in [-0.25, -0.2) is 4.98 Å². The second kappa shape index (κ2) is 6.12. The van der Waals surface area contributed by atoms with Gasteiger partial charge in [0, 0.05) is 0 Å². The minimum atomic E-state index is 0.245. The molecule has 0 spiro atoms. The number of hydrogen-bond acceptors (Lipinski definition) is 4. The number of nitrogen functional groups attached to an aromatic ring is 1. The number of benzene rings is 1. The maximum atomic E-state index is 6.02. The summed E-state index contributed by atoms with van der Waals surface area (Å²) >= 11 is 9.43. The largest absolute Gasteiger partial charge is 0.497 e. The molecule has 0 saturated carbocycles. The second-order valence-corrected chi connectivity index (χ2v) is 5.01. The molecule has 1 aromatic heterocycles. The SMILES string of the molecule is COc1ccc(OCc2nc(N)ccc2Cl)c(Br)c1. The van der Waals surface area contributed by atoms with Gasteiger partial charge in [-0.05, 0) is 46.3 Å². The molecule has 0 atom stereocenters. The third kappa shape index (κ3) is 3.52. The van der Waals surface area contributed by atoms with E-state index in [1.807, 2.05) is 18.2 Å². The highest BCUT2D eigenvalue weighted by Crippen LogP contribution is 2.30. The minimum Gasteiger partial charge on any atom is -0.497 e. The van der Waals surface area contributed by atoms with E-state index in [1.54, 1.807) is 19.2 Å². The molecule has 0 saturated heterocycles. The second-order valence-electron chi connectivity index (χ2n) is 3.75. The molecular weight excluding hydrogens is 332 g/mol. The van der Waals surface area contributed by atoms with Crippen LogP contribution in [0.5, 0.6) is 11.5 Å². The van der Waals surface area contributed by atoms with Crippen LogP contribution in [-0.2, 0) is 6.61 Å². The maximum Gasteiger partial charge on any atom is 0.134 e. The van der Waals surface area contributed by atoms with Gasteiger partial charge in [-0.2, -0.15) is 0 Å². The molecule has 0 aliphatic heterocycles. The zero-order valence-electron chi connectivity index (χ0n) is 10.2. The van der Waals surface area contributed by atoms with E-state index in [1.165, 1.54) is 0 Å². The van der Waals surface area contributed by atoms with E-state index in [9.17, 15) is 0 Å². The van der Waals surface area contributed by atoms with Crippen molar-refractivity contribution in [3.8, 4) is 11.5 Å². The van der Waals surface area contributed by atoms with E-state index in [0.717, 1.165) is 10.2 Å². The third-order valence-electron chi connectivity index (χ3n) is 2.44. The highest BCUT2D eigenvalue weighted by Gasteiger charge is 2.07. The van der Waals surface area contributed by atoms with Crippen molar-refractivity contribution in [2.45, 2.75) is 6.61 Å². The fourth-order valence-electron chi connectivity index (χ4n) is 1.47. The molecule has 2 aromatic rings. The van der Waals surface area contributed by atoms with E-state index in [-0.39, 0.29) is 6.61 Å². The van der Waals surface area contributed by atoms with Crippen molar-refractivity contribution in [2.75, 3.05) is 12.8 Å². The molecule has 0 aliphatic rings. The molecule has 1 heterocycles. The summed E-state index contributed by atoms with van der Waals surface area (Å²) in [5.74, 6) is 1.84. The van der Waals surface area contributed by atoms with E-state index >= 15 is 0 Å². The van der Waals surface area contributed by atoms with E-state index < -0.39 is 0 Å². The van der Waals surface area contributed by atoms with Crippen molar-refractivity contribution in [2.24, 2.45) is 0 Å². The summed E-state index contributed by atoms with van der Waals surface area (Å²) in [7, 11) is 1.61. The zero-order chi connectivity index (χ0) is 13.8. The lowest BCUT2D eigenvalue weighted by molar-refractivity contribution is 0.299. The minimum absolute atomic E-state index is 0.245. The highest BCUT2D eigenvalue weighted by molar-refractivity contribution is 9.10. The van der Waals surface area contributed by atoms with Gasteiger partial charge in [-0.15, -0.1) is 0 Å². The Balaban J connectivity index is 2.12. The number of pyridine rings is 1. The number of anilines is 1. The number of methoxy groups -OCH3 is 1. The quantitative estimate of drug-likeness (QED) is 0.920. The lowest BCUT2D eigenvalue weighted by Crippen LogP contribution is -2.02. The Labute approximate surface area is 124 Å². The Bertz CT molecular complexity index is 593. The van der Waals surface area contributed by atoms with Gasteiger partial charge < -0.3 is 15.2 Å². The molecule has 0 bridgehead atoms. The molecule has 0 fully saturated rings. The topological polar surface area (TPSA) is 57.4 Å². The molecule has 0 unspecified atom stereocenters. The molecule has 1 aromatic carbocycles. The molecule has 19 heavy (non-hydrogen) atoms. The first-order valence-electron chi connectivity index (χ1n) is 5.47. The molecule has 0 aliphatic carbocycles. The fourth-order valence-corrected chi connectivity index (χ4v) is 2.11. The zero-order valence-corrected chi connectivity index (χ0v) is 12.5. The number of nitrogens with two attached hydrogens (primary N) is 1. The average Bonchev–Trinajstić information content (AvgIpc) is 2.40. The summed E-state index contributed by atoms with van der Waals surface area (Å²) in [4.78, 5) is 4.13. The summed E-state index contributed by atoms with van der Waals surface area (Å²) in [6.45, 7) is 0.245. The maximum absolute atomic E-state index is 6.02. The van der Waals surface area contributed by atoms with Gasteiger partial charge in [0.1, 0.15) is 23.9 Å². The Kier molecular flexibility index (Phi) is 4.50. The van der Waals surface area contributed by atoms with Gasteiger partial charge in [0.05, 0.1) is 22.3 Å². The van der Waals surface area contributed by atoms with Crippen LogP contribution in [0.1, 0.15) is 5.69 Å². The number of aromatic nitrogens is 1. The van der Waals surface area contributed by atoms with Crippen molar-refractivity contribution in [1.29, 1.82) is 0 Å². The fraction of sp³-hybridized carbons (Fsp3) is 0.154. The lowest BCUT2D eigenvalue weighted by Gasteiger charge is -2.10. The normalized spacial score (nSPS) is 10.3. The van der Waals surface area contributed by atoms with E-state index in [4.69, 9.17) is 26.8 Å². The molecule has 0 radical (unpaired) electrons. The number of hydrogen-bond donors (Lipinski definition) is 1. The summed E-state index contributed by atoms with van der Waals surface area (Å²) in [5.41, 5.74) is 6.21. The van der Waals surface area contributed by atoms with Crippen LogP contribution in [0, 0.1) is 0 Å². The van der Waals surface area contributed by atoms with Crippen molar-refractivity contribution < 1.29 is 9.47 Å². The molecule has 0 amide bonds. The monoisotopic (exact) mass is 342 g/mol. The van der Waals surface area contributed by atoms with Crippen LogP contribution in [0.4, 0.5) is 5.82 Å². The van der Waals surface area contributed by atoms with Crippen LogP contribution >= 0.6 is 27.5 Å². The molecule has 2 rings (SSSR count). The van der Waals surface area contributed by atoms with Gasteiger partial charge in [0.15, 0.2) is 0 Å². The van der Waals surface area contributed by atoms with E-state index in [0.29, 0.717) is 22.3 Å². The van der Waals surface area contributed by atoms with Gasteiger partial charge in [0.25, 0.3) is 0 Å². The summed E-state index contributed by atoms with van der Waals surface area (Å²) in [5, 5.41) is 0.527. The van der Waals surface area contributed by atoms with Crippen molar-refractivity contribution in [3.05, 3.63) is 45.5 Å². The van der Waals surface area contributed by atoms with Gasteiger partial charge in [0.2, 0.25) is 0 Å². The number of nitrogens with zero attached hydrogens (tertiary/aromatic N) is 1. The first kappa shape index (κ1) is 14.0. The Hall–Kier alpha value is -1.46. The van der Waals surface area contributed by atoms with Crippen LogP contribution in [0.2, 0.25) is 5.02 Å². The van der Waals surface area contributed by atoms with Gasteiger partial charge >= 0.3 is 0 Å². The average molecular weight is 344 g/mol. The molecule has 2 N–H and O–H groups in total. The first-order chi connectivity index (χ1) is 9.10. The number of halogens is 2. The first-order valence-corrected chi connectivity index (χ1v) is 6.64. The Morgan fingerprint density at radius 1 is 1.32 bits per heavy atom. The van der Waals surface area contributed by atoms with Crippen LogP contribution in [-0.4, -0.2) is 12.1 Å². The summed E-state index contributed by atoms with van der Waals surface area (Å²) < 4.78 is 11.6. The van der Waals surface area contributed by atoms with Crippen LogP contribution < -0.4 is 15.2 Å². The summed E-state index contributed by atoms with van der Waals surface area (Å²) in [6, 6.07) is 8.79. The Morgan fingerprint density at radius 3 is 2.79 bits per heavy atom. The van der Waals surface area contributed by atoms with Crippen LogP contribution in [0.3, 0.4) is 0 Å². The molecule has 100 valence electrons. The predicted octanol–water partition coefficient (Wildman–Crippen LogP) is 3.67. The lowest BCUT2D eigenvalue weighted by atomic mass is 10.3. The molecule has 6 heteroatoms. The van der Waals surface area contributed by atoms with Crippen molar-refractivity contribution >= 4 is 33.3 Å². The number of rotatable bonds is 4. The van der Waals surface area contributed by atoms with Gasteiger partial charge in [-0.1, -0.05) is 11.6 Å². The van der Waals surface area contributed by atoms with Crippen molar-refractivity contribution in [3.63, 3.8) is 0 Å². The van der Waals surface area contributed by atoms with E-state index in [2.05, 4.69) is 20.9 Å². The smallest absolute Gasteiger partial charge is 0.134 e. The predicted molar refractivity (Wildman–Crippen MR) is 78.7 cm³/mol. The number of ether oxygens (including phenoxy) is 2. The standard InChI is InChI=1S/C13H12BrClN2O2/c1-18-8-2-4-12(9(14)6-8)19-7-11-10(15)3-5-13(16)17-11/h2-6H,7H2,1H3,(H2,16,17). The Morgan fingerprint density at radius 2 is 2.11 bits per heavy atom. The van der Waals surface area contributed by atoms with Crippen molar-refractivity contribution in [1.82, 2.24) is 4.98 Å². The van der Waals surface area contributed by atoms with Crippen LogP contribution in [0.15, 0.2) is 34.8 Å². The van der Waals surface area contributed by atoms with Gasteiger partial charge in [-0.3, -0.25) is 0 Å². The van der Waals surface area contributed by atoms with Crippen LogP contribution in [0.25, 0.3) is 0 Å². The highest BCUT2D eigenvalue weighted by atomic mass is 79.9. The summed E-state index contributed by atoms with van der Waals surface area (Å²) in [6.07, 6.45) is 0.